The third-order valence-corrected chi connectivity index (χ3v) is 6.39. The average Bonchev–Trinajstić information content (AvgIpc) is 3.39. The Morgan fingerprint density at radius 3 is 2.45 bits per heavy atom. The molecule has 0 radical (unpaired) electrons. The maximum atomic E-state index is 5.84. The van der Waals surface area contributed by atoms with Crippen LogP contribution in [-0.2, 0) is 6.54 Å². The first kappa shape index (κ1) is 21.2. The number of benzene rings is 1. The summed E-state index contributed by atoms with van der Waals surface area (Å²) in [7, 11) is 1.68. The van der Waals surface area contributed by atoms with Gasteiger partial charge in [0, 0.05) is 42.2 Å². The highest BCUT2D eigenvalue weighted by molar-refractivity contribution is 7.80. The van der Waals surface area contributed by atoms with Crippen molar-refractivity contribution in [2.45, 2.75) is 25.6 Å². The Hall–Kier alpha value is -3.71. The largest absolute Gasteiger partial charge is 0.497 e. The van der Waals surface area contributed by atoms with Crippen molar-refractivity contribution in [1.82, 2.24) is 24.8 Å². The number of rotatable bonds is 6. The minimum absolute atomic E-state index is 0.0450. The molecule has 1 aliphatic heterocycles. The normalized spacial score (nSPS) is 17.8. The summed E-state index contributed by atoms with van der Waals surface area (Å²) in [5, 5.41) is 4.26. The molecule has 33 heavy (non-hydrogen) atoms. The molecular weight excluding hydrogens is 430 g/mol. The number of nitrogens with zero attached hydrogens (tertiary/aromatic N) is 4. The maximum Gasteiger partial charge on any atom is 0.170 e. The van der Waals surface area contributed by atoms with E-state index in [9.17, 15) is 0 Å². The number of aryl methyl sites for hydroxylation is 1. The average molecular weight is 456 g/mol. The van der Waals surface area contributed by atoms with Crippen LogP contribution in [0.4, 0.5) is 0 Å². The third-order valence-electron chi connectivity index (χ3n) is 6.04. The van der Waals surface area contributed by atoms with Gasteiger partial charge in [-0.15, -0.1) is 0 Å². The molecule has 2 atom stereocenters. The molecular formula is C26H25N5OS. The molecule has 0 aliphatic carbocycles. The van der Waals surface area contributed by atoms with Crippen LogP contribution in [0.25, 0.3) is 5.69 Å². The van der Waals surface area contributed by atoms with Crippen molar-refractivity contribution in [2.75, 3.05) is 7.11 Å². The van der Waals surface area contributed by atoms with E-state index in [4.69, 9.17) is 17.0 Å². The van der Waals surface area contributed by atoms with Crippen LogP contribution < -0.4 is 10.1 Å². The minimum atomic E-state index is -0.0770. The van der Waals surface area contributed by atoms with Crippen molar-refractivity contribution in [1.29, 1.82) is 0 Å². The zero-order chi connectivity index (χ0) is 22.8. The first-order valence-electron chi connectivity index (χ1n) is 10.9. The zero-order valence-electron chi connectivity index (χ0n) is 18.6. The van der Waals surface area contributed by atoms with Crippen molar-refractivity contribution in [2.24, 2.45) is 0 Å². The van der Waals surface area contributed by atoms with Gasteiger partial charge in [0.15, 0.2) is 5.11 Å². The summed E-state index contributed by atoms with van der Waals surface area (Å²) in [6, 6.07) is 22.4. The number of thiocarbonyl (C=S) groups is 1. The van der Waals surface area contributed by atoms with Gasteiger partial charge in [0.05, 0.1) is 24.9 Å². The van der Waals surface area contributed by atoms with E-state index in [1.54, 1.807) is 7.11 Å². The van der Waals surface area contributed by atoms with Gasteiger partial charge in [0.2, 0.25) is 0 Å². The fraction of sp³-hybridized carbons (Fsp3) is 0.192. The summed E-state index contributed by atoms with van der Waals surface area (Å²) in [5.41, 5.74) is 5.49. The van der Waals surface area contributed by atoms with E-state index in [0.717, 1.165) is 34.1 Å². The highest BCUT2D eigenvalue weighted by Crippen LogP contribution is 2.41. The smallest absolute Gasteiger partial charge is 0.170 e. The van der Waals surface area contributed by atoms with E-state index in [2.05, 4.69) is 62.0 Å². The fourth-order valence-electron chi connectivity index (χ4n) is 4.46. The first-order chi connectivity index (χ1) is 16.2. The van der Waals surface area contributed by atoms with Crippen LogP contribution in [0, 0.1) is 6.92 Å². The van der Waals surface area contributed by atoms with Gasteiger partial charge in [-0.1, -0.05) is 6.07 Å². The number of aromatic nitrogens is 3. The van der Waals surface area contributed by atoms with Crippen molar-refractivity contribution >= 4 is 17.3 Å². The predicted molar refractivity (Wildman–Crippen MR) is 132 cm³/mol. The SMILES string of the molecule is COc1ccc(-n2c(C)ccc2[C@@H]2[C@H](c3ccccn3)NC(=S)N2Cc2ccncc2)cc1. The summed E-state index contributed by atoms with van der Waals surface area (Å²) in [5.74, 6) is 0.833. The molecule has 1 fully saturated rings. The quantitative estimate of drug-likeness (QED) is 0.423. The molecule has 0 saturated carbocycles. The van der Waals surface area contributed by atoms with Gasteiger partial charge < -0.3 is 19.5 Å². The van der Waals surface area contributed by atoms with Gasteiger partial charge in [-0.25, -0.2) is 0 Å². The fourth-order valence-corrected chi connectivity index (χ4v) is 4.76. The monoisotopic (exact) mass is 455 g/mol. The van der Waals surface area contributed by atoms with Crippen LogP contribution in [0.2, 0.25) is 0 Å². The lowest BCUT2D eigenvalue weighted by atomic mass is 10.0. The summed E-state index contributed by atoms with van der Waals surface area (Å²) in [6.07, 6.45) is 5.46. The lowest BCUT2D eigenvalue weighted by Crippen LogP contribution is -2.30. The number of methoxy groups -OCH3 is 1. The predicted octanol–water partition coefficient (Wildman–Crippen LogP) is 4.76. The minimum Gasteiger partial charge on any atom is -0.497 e. The molecule has 166 valence electrons. The molecule has 0 unspecified atom stereocenters. The molecule has 0 amide bonds. The van der Waals surface area contributed by atoms with E-state index in [-0.39, 0.29) is 12.1 Å². The molecule has 1 aliphatic rings. The highest BCUT2D eigenvalue weighted by Gasteiger charge is 2.41. The second-order valence-corrected chi connectivity index (χ2v) is 8.43. The Morgan fingerprint density at radius 2 is 1.76 bits per heavy atom. The highest BCUT2D eigenvalue weighted by atomic mass is 32.1. The van der Waals surface area contributed by atoms with Gasteiger partial charge in [-0.3, -0.25) is 9.97 Å². The molecule has 4 heterocycles. The molecule has 1 aromatic carbocycles. The summed E-state index contributed by atoms with van der Waals surface area (Å²) >= 11 is 5.84. The second-order valence-electron chi connectivity index (χ2n) is 8.04. The van der Waals surface area contributed by atoms with Gasteiger partial charge >= 0.3 is 0 Å². The molecule has 1 saturated heterocycles. The van der Waals surface area contributed by atoms with Crippen LogP contribution in [0.5, 0.6) is 5.75 Å². The molecule has 3 aromatic heterocycles. The Morgan fingerprint density at radius 1 is 0.970 bits per heavy atom. The van der Waals surface area contributed by atoms with Crippen LogP contribution in [0.1, 0.15) is 34.7 Å². The van der Waals surface area contributed by atoms with E-state index >= 15 is 0 Å². The lowest BCUT2D eigenvalue weighted by molar-refractivity contribution is 0.302. The maximum absolute atomic E-state index is 5.84. The van der Waals surface area contributed by atoms with Crippen molar-refractivity contribution < 1.29 is 4.74 Å². The van der Waals surface area contributed by atoms with Crippen molar-refractivity contribution in [3.05, 3.63) is 108 Å². The summed E-state index contributed by atoms with van der Waals surface area (Å²) < 4.78 is 7.65. The summed E-state index contributed by atoms with van der Waals surface area (Å²) in [4.78, 5) is 11.1. The van der Waals surface area contributed by atoms with Gasteiger partial charge in [0.1, 0.15) is 5.75 Å². The topological polar surface area (TPSA) is 55.2 Å². The van der Waals surface area contributed by atoms with Crippen molar-refractivity contribution in [3.8, 4) is 11.4 Å². The van der Waals surface area contributed by atoms with Crippen LogP contribution in [0.3, 0.4) is 0 Å². The molecule has 6 nitrogen and oxygen atoms in total. The molecule has 4 aromatic rings. The third kappa shape index (κ3) is 4.07. The van der Waals surface area contributed by atoms with E-state index in [1.165, 1.54) is 0 Å². The Labute approximate surface area is 198 Å². The van der Waals surface area contributed by atoms with Gasteiger partial charge in [0.25, 0.3) is 0 Å². The van der Waals surface area contributed by atoms with Crippen molar-refractivity contribution in [3.63, 3.8) is 0 Å². The number of hydrogen-bond acceptors (Lipinski definition) is 4. The molecule has 0 spiro atoms. The second kappa shape index (κ2) is 9.03. The lowest BCUT2D eigenvalue weighted by Gasteiger charge is -2.29. The molecule has 0 bridgehead atoms. The van der Waals surface area contributed by atoms with Crippen LogP contribution >= 0.6 is 12.2 Å². The van der Waals surface area contributed by atoms with E-state index < -0.39 is 0 Å². The zero-order valence-corrected chi connectivity index (χ0v) is 19.4. The Balaban J connectivity index is 1.62. The van der Waals surface area contributed by atoms with E-state index in [0.29, 0.717) is 11.7 Å². The Kier molecular flexibility index (Phi) is 5.79. The van der Waals surface area contributed by atoms with Gasteiger partial charge in [-0.05, 0) is 85.4 Å². The molecule has 5 rings (SSSR count). The van der Waals surface area contributed by atoms with E-state index in [1.807, 2.05) is 55.0 Å². The number of hydrogen-bond donors (Lipinski definition) is 1. The van der Waals surface area contributed by atoms with Gasteiger partial charge in [-0.2, -0.15) is 0 Å². The van der Waals surface area contributed by atoms with Crippen LogP contribution in [-0.4, -0.2) is 31.7 Å². The summed E-state index contributed by atoms with van der Waals surface area (Å²) in [6.45, 7) is 2.80. The first-order valence-corrected chi connectivity index (χ1v) is 11.3. The standard InChI is InChI=1S/C26H25N5OS/c1-18-6-11-23(31(18)20-7-9-21(32-2)10-8-20)25-24(22-5-3-4-14-28-22)29-26(33)30(25)17-19-12-15-27-16-13-19/h3-16,24-25H,17H2,1-2H3,(H,29,33)/t24-,25+/m0/s1. The Bertz CT molecular complexity index is 1240. The molecule has 1 N–H and O–H groups in total. The number of nitrogens with one attached hydrogen (secondary N) is 1. The number of ether oxygens (including phenoxy) is 1. The number of pyridine rings is 2. The van der Waals surface area contributed by atoms with Crippen LogP contribution in [0.15, 0.2) is 85.3 Å². The molecule has 7 heteroatoms.